The molecule has 20 heavy (non-hydrogen) atoms. The van der Waals surface area contributed by atoms with Crippen molar-refractivity contribution in [2.75, 3.05) is 27.2 Å². The zero-order valence-corrected chi connectivity index (χ0v) is 12.7. The van der Waals surface area contributed by atoms with Crippen LogP contribution >= 0.6 is 0 Å². The fourth-order valence-electron chi connectivity index (χ4n) is 3.67. The summed E-state index contributed by atoms with van der Waals surface area (Å²) >= 11 is 0. The number of fused-ring (bicyclic) bond motifs is 1. The minimum atomic E-state index is 0.680. The molecule has 0 radical (unpaired) electrons. The molecule has 0 spiro atoms. The lowest BCUT2D eigenvalue weighted by Gasteiger charge is -2.39. The molecule has 1 aliphatic carbocycles. The lowest BCUT2D eigenvalue weighted by atomic mass is 9.86. The Labute approximate surface area is 122 Å². The Kier molecular flexibility index (Phi) is 4.27. The second-order valence-electron chi connectivity index (χ2n) is 6.20. The van der Waals surface area contributed by atoms with Gasteiger partial charge in [-0.1, -0.05) is 6.07 Å². The summed E-state index contributed by atoms with van der Waals surface area (Å²) in [6, 6.07) is 7.95. The molecule has 2 unspecified atom stereocenters. The number of nitrogens with zero attached hydrogens (tertiary/aromatic N) is 1. The van der Waals surface area contributed by atoms with Crippen molar-refractivity contribution < 1.29 is 4.74 Å². The van der Waals surface area contributed by atoms with Crippen LogP contribution in [0.25, 0.3) is 0 Å². The molecular weight excluding hydrogens is 248 g/mol. The molecule has 2 aliphatic rings. The van der Waals surface area contributed by atoms with Crippen molar-refractivity contribution in [3.8, 4) is 5.75 Å². The molecule has 0 aromatic heterocycles. The molecule has 1 fully saturated rings. The SMILES string of the molecule is COc1ccc2c(c1)CC(N(C)C1CCCNC1)CC2. The normalized spacial score (nSPS) is 26.4. The highest BCUT2D eigenvalue weighted by Gasteiger charge is 2.27. The van der Waals surface area contributed by atoms with Gasteiger partial charge in [-0.2, -0.15) is 0 Å². The molecule has 1 aromatic carbocycles. The van der Waals surface area contributed by atoms with Gasteiger partial charge in [-0.25, -0.2) is 0 Å². The van der Waals surface area contributed by atoms with Crippen molar-refractivity contribution in [3.63, 3.8) is 0 Å². The molecule has 1 heterocycles. The zero-order valence-electron chi connectivity index (χ0n) is 12.7. The molecule has 3 nitrogen and oxygen atoms in total. The Morgan fingerprint density at radius 3 is 2.85 bits per heavy atom. The van der Waals surface area contributed by atoms with Gasteiger partial charge in [0.25, 0.3) is 0 Å². The van der Waals surface area contributed by atoms with Gasteiger partial charge in [-0.05, 0) is 69.0 Å². The molecule has 110 valence electrons. The number of rotatable bonds is 3. The molecule has 1 aromatic rings. The molecule has 1 saturated heterocycles. The van der Waals surface area contributed by atoms with E-state index in [1.165, 1.54) is 49.8 Å². The fraction of sp³-hybridized carbons (Fsp3) is 0.647. The quantitative estimate of drug-likeness (QED) is 0.915. The molecule has 2 atom stereocenters. The Hall–Kier alpha value is -1.06. The van der Waals surface area contributed by atoms with Crippen LogP contribution in [-0.4, -0.2) is 44.2 Å². The number of nitrogens with one attached hydrogen (secondary N) is 1. The third-order valence-corrected chi connectivity index (χ3v) is 5.04. The van der Waals surface area contributed by atoms with Gasteiger partial charge in [0.1, 0.15) is 5.75 Å². The first-order valence-electron chi connectivity index (χ1n) is 7.86. The summed E-state index contributed by atoms with van der Waals surface area (Å²) in [5.41, 5.74) is 2.99. The fourth-order valence-corrected chi connectivity index (χ4v) is 3.67. The molecule has 1 N–H and O–H groups in total. The number of likely N-dealkylation sites (N-methyl/N-ethyl adjacent to an activating group) is 1. The number of hydrogen-bond donors (Lipinski definition) is 1. The van der Waals surface area contributed by atoms with E-state index in [0.717, 1.165) is 12.3 Å². The van der Waals surface area contributed by atoms with Crippen LogP contribution in [0.15, 0.2) is 18.2 Å². The lowest BCUT2D eigenvalue weighted by Crippen LogP contribution is -2.49. The van der Waals surface area contributed by atoms with E-state index in [4.69, 9.17) is 4.74 Å². The van der Waals surface area contributed by atoms with Crippen LogP contribution in [0.2, 0.25) is 0 Å². The van der Waals surface area contributed by atoms with Crippen molar-refractivity contribution in [1.29, 1.82) is 0 Å². The van der Waals surface area contributed by atoms with Crippen LogP contribution in [0.5, 0.6) is 5.75 Å². The van der Waals surface area contributed by atoms with E-state index in [9.17, 15) is 0 Å². The number of ether oxygens (including phenoxy) is 1. The van der Waals surface area contributed by atoms with Gasteiger partial charge >= 0.3 is 0 Å². The predicted octanol–water partition coefficient (Wildman–Crippen LogP) is 2.24. The highest BCUT2D eigenvalue weighted by molar-refractivity contribution is 5.37. The number of piperidine rings is 1. The monoisotopic (exact) mass is 274 g/mol. The molecule has 0 saturated carbocycles. The van der Waals surface area contributed by atoms with E-state index in [1.807, 2.05) is 0 Å². The van der Waals surface area contributed by atoms with Gasteiger partial charge in [0.2, 0.25) is 0 Å². The van der Waals surface area contributed by atoms with E-state index >= 15 is 0 Å². The first-order chi connectivity index (χ1) is 9.78. The molecule has 0 amide bonds. The molecule has 0 bridgehead atoms. The molecule has 3 heteroatoms. The van der Waals surface area contributed by atoms with Gasteiger partial charge in [0.05, 0.1) is 7.11 Å². The predicted molar refractivity (Wildman–Crippen MR) is 82.5 cm³/mol. The van der Waals surface area contributed by atoms with E-state index < -0.39 is 0 Å². The summed E-state index contributed by atoms with van der Waals surface area (Å²) in [5.74, 6) is 0.992. The summed E-state index contributed by atoms with van der Waals surface area (Å²) in [6.07, 6.45) is 6.30. The second-order valence-corrected chi connectivity index (χ2v) is 6.20. The van der Waals surface area contributed by atoms with Gasteiger partial charge in [-0.3, -0.25) is 4.90 Å². The average Bonchev–Trinajstić information content (AvgIpc) is 2.54. The van der Waals surface area contributed by atoms with Gasteiger partial charge < -0.3 is 10.1 Å². The summed E-state index contributed by atoms with van der Waals surface area (Å²) < 4.78 is 5.37. The minimum absolute atomic E-state index is 0.680. The second kappa shape index (κ2) is 6.15. The topological polar surface area (TPSA) is 24.5 Å². The maximum absolute atomic E-state index is 5.37. The third-order valence-electron chi connectivity index (χ3n) is 5.04. The van der Waals surface area contributed by atoms with Crippen LogP contribution in [0.3, 0.4) is 0 Å². The van der Waals surface area contributed by atoms with Crippen LogP contribution in [0.4, 0.5) is 0 Å². The lowest BCUT2D eigenvalue weighted by molar-refractivity contribution is 0.135. The maximum Gasteiger partial charge on any atom is 0.119 e. The van der Waals surface area contributed by atoms with Gasteiger partial charge in [-0.15, -0.1) is 0 Å². The molecular formula is C17H26N2O. The van der Waals surface area contributed by atoms with Crippen LogP contribution in [0.1, 0.15) is 30.4 Å². The first-order valence-corrected chi connectivity index (χ1v) is 7.86. The number of hydrogen-bond acceptors (Lipinski definition) is 3. The molecule has 1 aliphatic heterocycles. The first kappa shape index (κ1) is 13.9. The Balaban J connectivity index is 1.70. The minimum Gasteiger partial charge on any atom is -0.497 e. The van der Waals surface area contributed by atoms with Gasteiger partial charge in [0, 0.05) is 18.6 Å². The van der Waals surface area contributed by atoms with Crippen molar-refractivity contribution in [1.82, 2.24) is 10.2 Å². The summed E-state index contributed by atoms with van der Waals surface area (Å²) in [5, 5.41) is 3.53. The van der Waals surface area contributed by atoms with E-state index in [0.29, 0.717) is 12.1 Å². The zero-order chi connectivity index (χ0) is 13.9. The maximum atomic E-state index is 5.37. The Morgan fingerprint density at radius 2 is 2.10 bits per heavy atom. The summed E-state index contributed by atoms with van der Waals surface area (Å²) in [6.45, 7) is 2.34. The van der Waals surface area contributed by atoms with Crippen molar-refractivity contribution in [3.05, 3.63) is 29.3 Å². The number of benzene rings is 1. The van der Waals surface area contributed by atoms with Crippen LogP contribution in [-0.2, 0) is 12.8 Å². The number of aryl methyl sites for hydroxylation is 1. The Morgan fingerprint density at radius 1 is 1.20 bits per heavy atom. The van der Waals surface area contributed by atoms with E-state index in [-0.39, 0.29) is 0 Å². The summed E-state index contributed by atoms with van der Waals surface area (Å²) in [4.78, 5) is 2.62. The molecule has 3 rings (SSSR count). The standard InChI is InChI=1S/C17H26N2O/c1-19(16-4-3-9-18-12-16)15-7-5-13-6-8-17(20-2)11-14(13)10-15/h6,8,11,15-16,18H,3-5,7,9-10,12H2,1-2H3. The smallest absolute Gasteiger partial charge is 0.119 e. The average molecular weight is 274 g/mol. The number of methoxy groups -OCH3 is 1. The van der Waals surface area contributed by atoms with Crippen LogP contribution in [0, 0.1) is 0 Å². The summed E-state index contributed by atoms with van der Waals surface area (Å²) in [7, 11) is 4.06. The largest absolute Gasteiger partial charge is 0.497 e. The van der Waals surface area contributed by atoms with E-state index in [2.05, 4.69) is 35.5 Å². The van der Waals surface area contributed by atoms with Crippen molar-refractivity contribution in [2.45, 2.75) is 44.2 Å². The highest BCUT2D eigenvalue weighted by Crippen LogP contribution is 2.28. The highest BCUT2D eigenvalue weighted by atomic mass is 16.5. The van der Waals surface area contributed by atoms with Crippen molar-refractivity contribution in [2.24, 2.45) is 0 Å². The van der Waals surface area contributed by atoms with Crippen molar-refractivity contribution >= 4 is 0 Å². The Bertz CT molecular complexity index is 454. The van der Waals surface area contributed by atoms with E-state index in [1.54, 1.807) is 7.11 Å². The third kappa shape index (κ3) is 2.84. The van der Waals surface area contributed by atoms with Crippen LogP contribution < -0.4 is 10.1 Å². The van der Waals surface area contributed by atoms with Gasteiger partial charge in [0.15, 0.2) is 0 Å².